The van der Waals surface area contributed by atoms with Gasteiger partial charge in [0.2, 0.25) is 11.8 Å². The van der Waals surface area contributed by atoms with Crippen molar-refractivity contribution in [3.63, 3.8) is 0 Å². The predicted octanol–water partition coefficient (Wildman–Crippen LogP) is 6.51. The van der Waals surface area contributed by atoms with Gasteiger partial charge in [0.1, 0.15) is 11.9 Å². The molecule has 0 aliphatic rings. The lowest BCUT2D eigenvalue weighted by atomic mass is 9.87. The molecule has 0 radical (unpaired) electrons. The van der Waals surface area contributed by atoms with Crippen molar-refractivity contribution in [2.24, 2.45) is 0 Å². The van der Waals surface area contributed by atoms with Gasteiger partial charge in [-0.2, -0.15) is 0 Å². The Balaban J connectivity index is 1.73. The minimum Gasteiger partial charge on any atom is -0.352 e. The highest BCUT2D eigenvalue weighted by molar-refractivity contribution is 5.88. The lowest BCUT2D eigenvalue weighted by Crippen LogP contribution is -2.52. The van der Waals surface area contributed by atoms with Crippen LogP contribution in [-0.4, -0.2) is 28.8 Å². The molecule has 0 fully saturated rings. The predicted molar refractivity (Wildman–Crippen MR) is 154 cm³/mol. The Morgan fingerprint density at radius 1 is 0.718 bits per heavy atom. The smallest absolute Gasteiger partial charge is 0.243 e. The van der Waals surface area contributed by atoms with E-state index in [2.05, 4.69) is 5.32 Å². The Labute approximate surface area is 230 Å². The van der Waals surface area contributed by atoms with Crippen LogP contribution in [-0.2, 0) is 22.6 Å². The molecule has 200 valence electrons. The average Bonchev–Trinajstić information content (AvgIpc) is 2.95. The molecule has 0 saturated carbocycles. The molecular weight excluding hydrogens is 487 g/mol. The van der Waals surface area contributed by atoms with Gasteiger partial charge in [0.25, 0.3) is 0 Å². The molecule has 0 bridgehead atoms. The second-order valence-corrected chi connectivity index (χ2v) is 10.1. The van der Waals surface area contributed by atoms with Crippen LogP contribution in [0.15, 0.2) is 115 Å². The lowest BCUT2D eigenvalue weighted by molar-refractivity contribution is -0.141. The number of benzene rings is 4. The van der Waals surface area contributed by atoms with Gasteiger partial charge < -0.3 is 10.2 Å². The normalized spacial score (nSPS) is 11.8. The summed E-state index contributed by atoms with van der Waals surface area (Å²) in [6.45, 7) is 4.01. The summed E-state index contributed by atoms with van der Waals surface area (Å²) >= 11 is 0. The van der Waals surface area contributed by atoms with Crippen LogP contribution < -0.4 is 5.32 Å². The Hall–Kier alpha value is -4.25. The fraction of sp³-hybridized carbons (Fsp3) is 0.235. The Kier molecular flexibility index (Phi) is 9.63. The number of hydrogen-bond donors (Lipinski definition) is 1. The average molecular weight is 523 g/mol. The van der Waals surface area contributed by atoms with Crippen LogP contribution >= 0.6 is 0 Å². The van der Waals surface area contributed by atoms with E-state index in [1.807, 2.05) is 105 Å². The minimum atomic E-state index is -0.737. The maximum absolute atomic E-state index is 14.3. The van der Waals surface area contributed by atoms with Crippen molar-refractivity contribution in [2.75, 3.05) is 0 Å². The maximum Gasteiger partial charge on any atom is 0.243 e. The van der Waals surface area contributed by atoms with Crippen molar-refractivity contribution < 1.29 is 14.0 Å². The summed E-state index contributed by atoms with van der Waals surface area (Å²) < 4.78 is 13.7. The summed E-state index contributed by atoms with van der Waals surface area (Å²) in [6, 6.07) is 34.9. The van der Waals surface area contributed by atoms with Crippen molar-refractivity contribution in [3.05, 3.63) is 143 Å². The molecule has 0 aromatic heterocycles. The standard InChI is InChI=1S/C34H35FN2O2/c1-25(2)36-34(39)32(22-26-12-6-3-7-13-26)37(24-27-18-20-30(35)21-19-27)33(38)23-31(28-14-8-4-9-15-28)29-16-10-5-11-17-29/h3-21,25,31-32H,22-24H2,1-2H3,(H,36,39)/t32-/m0/s1. The first kappa shape index (κ1) is 27.8. The fourth-order valence-corrected chi connectivity index (χ4v) is 4.81. The van der Waals surface area contributed by atoms with Crippen LogP contribution in [0.25, 0.3) is 0 Å². The third-order valence-electron chi connectivity index (χ3n) is 6.75. The molecule has 1 atom stereocenters. The molecular formula is C34H35FN2O2. The van der Waals surface area contributed by atoms with Gasteiger partial charge in [-0.25, -0.2) is 4.39 Å². The fourth-order valence-electron chi connectivity index (χ4n) is 4.81. The van der Waals surface area contributed by atoms with Crippen LogP contribution in [0.2, 0.25) is 0 Å². The molecule has 4 nitrogen and oxygen atoms in total. The molecule has 5 heteroatoms. The number of amides is 2. The summed E-state index contributed by atoms with van der Waals surface area (Å²) in [7, 11) is 0. The molecule has 1 N–H and O–H groups in total. The van der Waals surface area contributed by atoms with E-state index in [-0.39, 0.29) is 42.6 Å². The van der Waals surface area contributed by atoms with E-state index in [0.29, 0.717) is 6.42 Å². The van der Waals surface area contributed by atoms with Gasteiger partial charge >= 0.3 is 0 Å². The molecule has 4 aromatic rings. The second-order valence-electron chi connectivity index (χ2n) is 10.1. The molecule has 0 spiro atoms. The first-order chi connectivity index (χ1) is 18.9. The molecule has 4 aromatic carbocycles. The van der Waals surface area contributed by atoms with Crippen molar-refractivity contribution in [3.8, 4) is 0 Å². The number of carbonyl (C=O) groups is 2. The quantitative estimate of drug-likeness (QED) is 0.244. The molecule has 0 saturated heterocycles. The highest BCUT2D eigenvalue weighted by Crippen LogP contribution is 2.30. The van der Waals surface area contributed by atoms with Crippen molar-refractivity contribution >= 4 is 11.8 Å². The molecule has 2 amide bonds. The van der Waals surface area contributed by atoms with Gasteiger partial charge in [0.05, 0.1) is 0 Å². The van der Waals surface area contributed by atoms with Crippen LogP contribution in [0.5, 0.6) is 0 Å². The third-order valence-corrected chi connectivity index (χ3v) is 6.75. The summed E-state index contributed by atoms with van der Waals surface area (Å²) in [5.74, 6) is -0.874. The highest BCUT2D eigenvalue weighted by Gasteiger charge is 2.32. The van der Waals surface area contributed by atoms with E-state index < -0.39 is 6.04 Å². The van der Waals surface area contributed by atoms with Gasteiger partial charge in [0, 0.05) is 31.3 Å². The molecule has 0 aliphatic carbocycles. The van der Waals surface area contributed by atoms with Crippen molar-refractivity contribution in [1.82, 2.24) is 10.2 Å². The maximum atomic E-state index is 14.3. The summed E-state index contributed by atoms with van der Waals surface area (Å²) in [5, 5.41) is 3.02. The molecule has 0 unspecified atom stereocenters. The third kappa shape index (κ3) is 7.87. The van der Waals surface area contributed by atoms with E-state index >= 15 is 0 Å². The van der Waals surface area contributed by atoms with Crippen LogP contribution in [0.3, 0.4) is 0 Å². The zero-order chi connectivity index (χ0) is 27.6. The lowest BCUT2D eigenvalue weighted by Gasteiger charge is -2.33. The zero-order valence-corrected chi connectivity index (χ0v) is 22.5. The number of hydrogen-bond acceptors (Lipinski definition) is 2. The van der Waals surface area contributed by atoms with Crippen molar-refractivity contribution in [2.45, 2.75) is 51.2 Å². The highest BCUT2D eigenvalue weighted by atomic mass is 19.1. The van der Waals surface area contributed by atoms with E-state index in [1.165, 1.54) is 12.1 Å². The van der Waals surface area contributed by atoms with Crippen molar-refractivity contribution in [1.29, 1.82) is 0 Å². The van der Waals surface area contributed by atoms with E-state index in [9.17, 15) is 14.0 Å². The molecule has 0 aliphatic heterocycles. The number of nitrogens with zero attached hydrogens (tertiary/aromatic N) is 1. The first-order valence-electron chi connectivity index (χ1n) is 13.4. The molecule has 0 heterocycles. The van der Waals surface area contributed by atoms with E-state index in [4.69, 9.17) is 0 Å². The summed E-state index contributed by atoms with van der Waals surface area (Å²) in [5.41, 5.74) is 3.78. The Bertz CT molecular complexity index is 1290. The van der Waals surface area contributed by atoms with Gasteiger partial charge in [-0.15, -0.1) is 0 Å². The van der Waals surface area contributed by atoms with Gasteiger partial charge in [-0.3, -0.25) is 9.59 Å². The number of halogens is 1. The topological polar surface area (TPSA) is 49.4 Å². The zero-order valence-electron chi connectivity index (χ0n) is 22.5. The van der Waals surface area contributed by atoms with Crippen LogP contribution in [0.4, 0.5) is 4.39 Å². The van der Waals surface area contributed by atoms with Gasteiger partial charge in [-0.1, -0.05) is 103 Å². The van der Waals surface area contributed by atoms with Crippen LogP contribution in [0, 0.1) is 5.82 Å². The van der Waals surface area contributed by atoms with Gasteiger partial charge in [0.15, 0.2) is 0 Å². The number of carbonyl (C=O) groups excluding carboxylic acids is 2. The SMILES string of the molecule is CC(C)NC(=O)[C@H](Cc1ccccc1)N(Cc1ccc(F)cc1)C(=O)CC(c1ccccc1)c1ccccc1. The Morgan fingerprint density at radius 3 is 1.74 bits per heavy atom. The monoisotopic (exact) mass is 522 g/mol. The Morgan fingerprint density at radius 2 is 1.23 bits per heavy atom. The summed E-state index contributed by atoms with van der Waals surface area (Å²) in [4.78, 5) is 29.5. The van der Waals surface area contributed by atoms with E-state index in [0.717, 1.165) is 22.3 Å². The van der Waals surface area contributed by atoms with Gasteiger partial charge in [-0.05, 0) is 48.2 Å². The first-order valence-corrected chi connectivity index (χ1v) is 13.4. The number of nitrogens with one attached hydrogen (secondary N) is 1. The van der Waals surface area contributed by atoms with Crippen LogP contribution in [0.1, 0.15) is 48.4 Å². The minimum absolute atomic E-state index is 0.0834. The number of rotatable bonds is 11. The molecule has 39 heavy (non-hydrogen) atoms. The largest absolute Gasteiger partial charge is 0.352 e. The summed E-state index contributed by atoms with van der Waals surface area (Å²) in [6.07, 6.45) is 0.559. The second kappa shape index (κ2) is 13.5. The van der Waals surface area contributed by atoms with E-state index in [1.54, 1.807) is 17.0 Å². The molecule has 4 rings (SSSR count).